The van der Waals surface area contributed by atoms with E-state index in [0.717, 1.165) is 23.8 Å². The summed E-state index contributed by atoms with van der Waals surface area (Å²) >= 11 is 0. The zero-order valence-electron chi connectivity index (χ0n) is 17.2. The molecular weight excluding hydrogens is 409 g/mol. The van der Waals surface area contributed by atoms with Crippen LogP contribution in [-0.4, -0.2) is 35.9 Å². The summed E-state index contributed by atoms with van der Waals surface area (Å²) in [6.45, 7) is 5.01. The van der Waals surface area contributed by atoms with Gasteiger partial charge >= 0.3 is 11.7 Å². The molecule has 0 saturated heterocycles. The van der Waals surface area contributed by atoms with Crippen LogP contribution in [0.15, 0.2) is 42.5 Å². The van der Waals surface area contributed by atoms with Gasteiger partial charge in [-0.3, -0.25) is 24.5 Å². The highest BCUT2D eigenvalue weighted by atomic mass is 19.1. The summed E-state index contributed by atoms with van der Waals surface area (Å²) in [4.78, 5) is 45.5. The fourth-order valence-electron chi connectivity index (χ4n) is 2.50. The number of hydrogen-bond donors (Lipinski definition) is 2. The van der Waals surface area contributed by atoms with E-state index in [1.54, 1.807) is 12.1 Å². The van der Waals surface area contributed by atoms with Crippen LogP contribution in [-0.2, 0) is 19.7 Å². The lowest BCUT2D eigenvalue weighted by Crippen LogP contribution is -2.32. The van der Waals surface area contributed by atoms with E-state index in [2.05, 4.69) is 10.6 Å². The van der Waals surface area contributed by atoms with Crippen molar-refractivity contribution in [2.45, 2.75) is 26.2 Å². The van der Waals surface area contributed by atoms with E-state index in [9.17, 15) is 28.9 Å². The molecule has 0 aliphatic carbocycles. The quantitative estimate of drug-likeness (QED) is 0.394. The standard InChI is InChI=1S/C21H22FN3O6/c1-21(2,3)14-6-4-13(5-7-14)20(28)23-11-19(27)31-12-18(26)24-15-8-9-16(22)17(10-15)25(29)30/h4-10H,11-12H2,1-3H3,(H,23,28)(H,24,26). The second-order valence-electron chi connectivity index (χ2n) is 7.64. The van der Waals surface area contributed by atoms with Crippen molar-refractivity contribution in [1.82, 2.24) is 5.32 Å². The number of nitro groups is 1. The van der Waals surface area contributed by atoms with Gasteiger partial charge in [0.1, 0.15) is 6.54 Å². The molecule has 0 fully saturated rings. The minimum absolute atomic E-state index is 0.0267. The van der Waals surface area contributed by atoms with Gasteiger partial charge in [0.25, 0.3) is 11.8 Å². The number of carbonyl (C=O) groups is 3. The fourth-order valence-corrected chi connectivity index (χ4v) is 2.50. The molecular formula is C21H22FN3O6. The molecule has 0 saturated carbocycles. The van der Waals surface area contributed by atoms with E-state index in [1.807, 2.05) is 32.9 Å². The summed E-state index contributed by atoms with van der Waals surface area (Å²) in [5.74, 6) is -3.14. The van der Waals surface area contributed by atoms with Crippen LogP contribution in [0.3, 0.4) is 0 Å². The lowest BCUT2D eigenvalue weighted by atomic mass is 9.87. The first-order valence-electron chi connectivity index (χ1n) is 9.25. The minimum Gasteiger partial charge on any atom is -0.454 e. The van der Waals surface area contributed by atoms with Crippen molar-refractivity contribution in [2.75, 3.05) is 18.5 Å². The predicted molar refractivity (Wildman–Crippen MR) is 110 cm³/mol. The summed E-state index contributed by atoms with van der Waals surface area (Å²) < 4.78 is 18.1. The highest BCUT2D eigenvalue weighted by Gasteiger charge is 2.17. The second-order valence-corrected chi connectivity index (χ2v) is 7.64. The molecule has 2 rings (SSSR count). The van der Waals surface area contributed by atoms with E-state index in [-0.39, 0.29) is 11.1 Å². The van der Waals surface area contributed by atoms with Gasteiger partial charge in [-0.15, -0.1) is 0 Å². The Labute approximate surface area is 177 Å². The highest BCUT2D eigenvalue weighted by Crippen LogP contribution is 2.22. The molecule has 0 unspecified atom stereocenters. The van der Waals surface area contributed by atoms with Crippen LogP contribution in [0.4, 0.5) is 15.8 Å². The van der Waals surface area contributed by atoms with Gasteiger partial charge in [0.2, 0.25) is 5.82 Å². The molecule has 9 nitrogen and oxygen atoms in total. The third-order valence-electron chi connectivity index (χ3n) is 4.20. The summed E-state index contributed by atoms with van der Waals surface area (Å²) in [7, 11) is 0. The van der Waals surface area contributed by atoms with Crippen LogP contribution in [0.1, 0.15) is 36.7 Å². The van der Waals surface area contributed by atoms with Crippen LogP contribution in [0, 0.1) is 15.9 Å². The predicted octanol–water partition coefficient (Wildman–Crippen LogP) is 2.94. The van der Waals surface area contributed by atoms with Gasteiger partial charge in [-0.1, -0.05) is 32.9 Å². The lowest BCUT2D eigenvalue weighted by Gasteiger charge is -2.19. The zero-order valence-corrected chi connectivity index (χ0v) is 17.2. The number of anilines is 1. The molecule has 164 valence electrons. The van der Waals surface area contributed by atoms with Crippen molar-refractivity contribution < 1.29 is 28.4 Å². The third-order valence-corrected chi connectivity index (χ3v) is 4.20. The summed E-state index contributed by atoms with van der Waals surface area (Å²) in [6.07, 6.45) is 0. The maximum absolute atomic E-state index is 13.3. The summed E-state index contributed by atoms with van der Waals surface area (Å²) in [6, 6.07) is 9.78. The topological polar surface area (TPSA) is 128 Å². The Hall–Kier alpha value is -3.82. The number of carbonyl (C=O) groups excluding carboxylic acids is 3. The first-order valence-corrected chi connectivity index (χ1v) is 9.25. The number of esters is 1. The Morgan fingerprint density at radius 3 is 2.32 bits per heavy atom. The average molecular weight is 431 g/mol. The molecule has 31 heavy (non-hydrogen) atoms. The number of nitro benzene ring substituents is 1. The van der Waals surface area contributed by atoms with Crippen molar-refractivity contribution in [3.8, 4) is 0 Å². The number of rotatable bonds is 7. The lowest BCUT2D eigenvalue weighted by molar-refractivity contribution is -0.387. The van der Waals surface area contributed by atoms with Gasteiger partial charge in [0.05, 0.1) is 4.92 Å². The zero-order chi connectivity index (χ0) is 23.2. The van der Waals surface area contributed by atoms with Gasteiger partial charge in [-0.05, 0) is 35.2 Å². The molecule has 0 bridgehead atoms. The Morgan fingerprint density at radius 1 is 1.10 bits per heavy atom. The second kappa shape index (κ2) is 9.79. The van der Waals surface area contributed by atoms with Gasteiger partial charge in [0.15, 0.2) is 6.61 Å². The molecule has 0 aliphatic rings. The van der Waals surface area contributed by atoms with E-state index >= 15 is 0 Å². The Kier molecular flexibility index (Phi) is 7.41. The Morgan fingerprint density at radius 2 is 1.74 bits per heavy atom. The molecule has 0 aromatic heterocycles. The van der Waals surface area contributed by atoms with Crippen molar-refractivity contribution in [3.05, 3.63) is 69.5 Å². The van der Waals surface area contributed by atoms with Crippen molar-refractivity contribution >= 4 is 29.2 Å². The number of benzene rings is 2. The number of hydrogen-bond acceptors (Lipinski definition) is 6. The van der Waals surface area contributed by atoms with Crippen LogP contribution in [0.25, 0.3) is 0 Å². The minimum atomic E-state index is -1.04. The smallest absolute Gasteiger partial charge is 0.325 e. The molecule has 2 amide bonds. The van der Waals surface area contributed by atoms with Gasteiger partial charge < -0.3 is 15.4 Å². The van der Waals surface area contributed by atoms with Crippen LogP contribution < -0.4 is 10.6 Å². The molecule has 2 aromatic rings. The van der Waals surface area contributed by atoms with E-state index in [1.165, 1.54) is 0 Å². The van der Waals surface area contributed by atoms with Crippen LogP contribution >= 0.6 is 0 Å². The third kappa shape index (κ3) is 6.88. The normalized spacial score (nSPS) is 10.8. The first kappa shape index (κ1) is 23.5. The van der Waals surface area contributed by atoms with Crippen molar-refractivity contribution in [1.29, 1.82) is 0 Å². The summed E-state index contributed by atoms with van der Waals surface area (Å²) in [5.41, 5.74) is 0.546. The largest absolute Gasteiger partial charge is 0.454 e. The SMILES string of the molecule is CC(C)(C)c1ccc(C(=O)NCC(=O)OCC(=O)Nc2ccc(F)c([N+](=O)[O-])c2)cc1. The highest BCUT2D eigenvalue weighted by molar-refractivity contribution is 5.96. The number of nitrogens with one attached hydrogen (secondary N) is 2. The monoisotopic (exact) mass is 431 g/mol. The van der Waals surface area contributed by atoms with E-state index in [4.69, 9.17) is 4.74 Å². The van der Waals surface area contributed by atoms with Gasteiger partial charge in [-0.25, -0.2) is 0 Å². The maximum Gasteiger partial charge on any atom is 0.325 e. The number of nitrogens with zero attached hydrogens (tertiary/aromatic N) is 1. The van der Waals surface area contributed by atoms with E-state index in [0.29, 0.717) is 5.56 Å². The molecule has 0 radical (unpaired) electrons. The van der Waals surface area contributed by atoms with Gasteiger partial charge in [0, 0.05) is 17.3 Å². The molecule has 0 spiro atoms. The molecule has 0 heterocycles. The Balaban J connectivity index is 1.80. The molecule has 0 aliphatic heterocycles. The molecule has 2 N–H and O–H groups in total. The van der Waals surface area contributed by atoms with Gasteiger partial charge in [-0.2, -0.15) is 4.39 Å². The van der Waals surface area contributed by atoms with E-state index < -0.39 is 47.4 Å². The van der Waals surface area contributed by atoms with Crippen LogP contribution in [0.5, 0.6) is 0 Å². The van der Waals surface area contributed by atoms with Crippen LogP contribution in [0.2, 0.25) is 0 Å². The fraction of sp³-hybridized carbons (Fsp3) is 0.286. The molecule has 0 atom stereocenters. The Bertz CT molecular complexity index is 999. The number of ether oxygens (including phenoxy) is 1. The number of halogens is 1. The first-order chi connectivity index (χ1) is 14.5. The van der Waals surface area contributed by atoms with Crippen molar-refractivity contribution in [2.24, 2.45) is 0 Å². The number of amides is 2. The molecule has 10 heteroatoms. The molecule has 2 aromatic carbocycles. The maximum atomic E-state index is 13.3. The van der Waals surface area contributed by atoms with Crippen molar-refractivity contribution in [3.63, 3.8) is 0 Å². The summed E-state index contributed by atoms with van der Waals surface area (Å²) in [5, 5.41) is 15.4. The average Bonchev–Trinajstić information content (AvgIpc) is 2.71.